The number of nitrogens with zero attached hydrogens (tertiary/aromatic N) is 1. The number of nitrogens with two attached hydrogens (primary N) is 1. The van der Waals surface area contributed by atoms with Crippen molar-refractivity contribution in [3.05, 3.63) is 40.2 Å². The van der Waals surface area contributed by atoms with Crippen molar-refractivity contribution in [2.45, 2.75) is 38.8 Å². The molecule has 0 unspecified atom stereocenters. The first-order valence-corrected chi connectivity index (χ1v) is 7.83. The quantitative estimate of drug-likeness (QED) is 0.877. The highest BCUT2D eigenvalue weighted by Gasteiger charge is 2.32. The van der Waals surface area contributed by atoms with Crippen LogP contribution in [-0.4, -0.2) is 12.1 Å². The van der Waals surface area contributed by atoms with Crippen LogP contribution in [0.1, 0.15) is 36.6 Å². The standard InChI is InChI=1S/C16H22N2OS/c1-4-16(5-2,19-3)15-18-14(13(11-17)20-15)12-9-7-6-8-10-12/h6-10H,4-5,11,17H2,1-3H3. The van der Waals surface area contributed by atoms with Crippen LogP contribution in [0.5, 0.6) is 0 Å². The van der Waals surface area contributed by atoms with Crippen molar-refractivity contribution in [2.24, 2.45) is 5.73 Å². The van der Waals surface area contributed by atoms with E-state index in [4.69, 9.17) is 15.5 Å². The van der Waals surface area contributed by atoms with Crippen LogP contribution in [0.2, 0.25) is 0 Å². The van der Waals surface area contributed by atoms with Gasteiger partial charge in [0.05, 0.1) is 5.69 Å². The molecule has 1 heterocycles. The van der Waals surface area contributed by atoms with Crippen molar-refractivity contribution in [2.75, 3.05) is 7.11 Å². The molecule has 2 N–H and O–H groups in total. The maximum atomic E-state index is 5.90. The summed E-state index contributed by atoms with van der Waals surface area (Å²) >= 11 is 1.67. The number of aromatic nitrogens is 1. The lowest BCUT2D eigenvalue weighted by atomic mass is 9.98. The summed E-state index contributed by atoms with van der Waals surface area (Å²) in [7, 11) is 1.76. The second kappa shape index (κ2) is 6.48. The Morgan fingerprint density at radius 1 is 1.20 bits per heavy atom. The monoisotopic (exact) mass is 290 g/mol. The van der Waals surface area contributed by atoms with Gasteiger partial charge < -0.3 is 10.5 Å². The first kappa shape index (κ1) is 15.2. The number of rotatable bonds is 6. The molecule has 0 bridgehead atoms. The number of hydrogen-bond acceptors (Lipinski definition) is 4. The van der Waals surface area contributed by atoms with Gasteiger partial charge in [0, 0.05) is 24.1 Å². The predicted molar refractivity (Wildman–Crippen MR) is 84.7 cm³/mol. The average Bonchev–Trinajstić information content (AvgIpc) is 2.95. The summed E-state index contributed by atoms with van der Waals surface area (Å²) in [6.45, 7) is 4.78. The minimum atomic E-state index is -0.290. The summed E-state index contributed by atoms with van der Waals surface area (Å²) < 4.78 is 5.78. The van der Waals surface area contributed by atoms with E-state index in [-0.39, 0.29) is 5.60 Å². The van der Waals surface area contributed by atoms with Crippen LogP contribution in [0.25, 0.3) is 11.3 Å². The van der Waals surface area contributed by atoms with E-state index in [1.807, 2.05) is 18.2 Å². The second-order valence-electron chi connectivity index (χ2n) is 4.77. The fraction of sp³-hybridized carbons (Fsp3) is 0.438. The molecule has 2 rings (SSSR count). The van der Waals surface area contributed by atoms with Crippen LogP contribution >= 0.6 is 11.3 Å². The SMILES string of the molecule is CCC(CC)(OC)c1nc(-c2ccccc2)c(CN)s1. The fourth-order valence-corrected chi connectivity index (χ4v) is 3.71. The van der Waals surface area contributed by atoms with E-state index in [9.17, 15) is 0 Å². The molecule has 0 aliphatic rings. The highest BCUT2D eigenvalue weighted by molar-refractivity contribution is 7.12. The van der Waals surface area contributed by atoms with E-state index in [0.29, 0.717) is 6.54 Å². The van der Waals surface area contributed by atoms with Crippen LogP contribution in [-0.2, 0) is 16.9 Å². The molecule has 0 radical (unpaired) electrons. The van der Waals surface area contributed by atoms with Crippen LogP contribution in [0.15, 0.2) is 30.3 Å². The van der Waals surface area contributed by atoms with Crippen molar-refractivity contribution in [1.29, 1.82) is 0 Å². The molecule has 1 aromatic carbocycles. The van der Waals surface area contributed by atoms with Crippen molar-refractivity contribution in [3.63, 3.8) is 0 Å². The molecule has 0 atom stereocenters. The maximum Gasteiger partial charge on any atom is 0.126 e. The van der Waals surface area contributed by atoms with E-state index >= 15 is 0 Å². The molecule has 0 saturated heterocycles. The maximum absolute atomic E-state index is 5.90. The van der Waals surface area contributed by atoms with Gasteiger partial charge in [-0.1, -0.05) is 44.2 Å². The Balaban J connectivity index is 2.51. The summed E-state index contributed by atoms with van der Waals surface area (Å²) in [5, 5.41) is 1.03. The van der Waals surface area contributed by atoms with Gasteiger partial charge in [0.15, 0.2) is 0 Å². The molecule has 0 aliphatic heterocycles. The lowest BCUT2D eigenvalue weighted by molar-refractivity contribution is -0.0218. The minimum Gasteiger partial charge on any atom is -0.371 e. The predicted octanol–water partition coefficient (Wildman–Crippen LogP) is 3.93. The number of benzene rings is 1. The van der Waals surface area contributed by atoms with Gasteiger partial charge in [0.1, 0.15) is 10.6 Å². The Morgan fingerprint density at radius 3 is 2.35 bits per heavy atom. The number of thiazole rings is 1. The van der Waals surface area contributed by atoms with Gasteiger partial charge in [-0.05, 0) is 12.8 Å². The van der Waals surface area contributed by atoms with Crippen LogP contribution < -0.4 is 5.73 Å². The van der Waals surface area contributed by atoms with Crippen LogP contribution in [0.4, 0.5) is 0 Å². The van der Waals surface area contributed by atoms with Gasteiger partial charge in [0.2, 0.25) is 0 Å². The van der Waals surface area contributed by atoms with Crippen molar-refractivity contribution in [1.82, 2.24) is 4.98 Å². The second-order valence-corrected chi connectivity index (χ2v) is 5.85. The molecule has 0 fully saturated rings. The summed E-state index contributed by atoms with van der Waals surface area (Å²) in [4.78, 5) is 5.97. The Bertz CT molecular complexity index is 539. The Morgan fingerprint density at radius 2 is 1.85 bits per heavy atom. The molecule has 0 aliphatic carbocycles. The van der Waals surface area contributed by atoms with Gasteiger partial charge in [-0.2, -0.15) is 0 Å². The third kappa shape index (κ3) is 2.64. The van der Waals surface area contributed by atoms with Crippen molar-refractivity contribution < 1.29 is 4.74 Å². The summed E-state index contributed by atoms with van der Waals surface area (Å²) in [6, 6.07) is 10.2. The largest absolute Gasteiger partial charge is 0.371 e. The zero-order valence-corrected chi connectivity index (χ0v) is 13.2. The van der Waals surface area contributed by atoms with E-state index in [0.717, 1.165) is 34.0 Å². The molecule has 0 spiro atoms. The minimum absolute atomic E-state index is 0.290. The highest BCUT2D eigenvalue weighted by atomic mass is 32.1. The summed E-state index contributed by atoms with van der Waals surface area (Å²) in [6.07, 6.45) is 1.82. The molecule has 0 saturated carbocycles. The smallest absolute Gasteiger partial charge is 0.126 e. The molecule has 20 heavy (non-hydrogen) atoms. The van der Waals surface area contributed by atoms with E-state index < -0.39 is 0 Å². The molecule has 0 amide bonds. The lowest BCUT2D eigenvalue weighted by Gasteiger charge is -2.27. The van der Waals surface area contributed by atoms with E-state index in [1.54, 1.807) is 18.4 Å². The van der Waals surface area contributed by atoms with Crippen molar-refractivity contribution in [3.8, 4) is 11.3 Å². The Hall–Kier alpha value is -1.23. The van der Waals surface area contributed by atoms with Crippen molar-refractivity contribution >= 4 is 11.3 Å². The first-order chi connectivity index (χ1) is 9.70. The molecular weight excluding hydrogens is 268 g/mol. The van der Waals surface area contributed by atoms with Gasteiger partial charge in [-0.15, -0.1) is 11.3 Å². The lowest BCUT2D eigenvalue weighted by Crippen LogP contribution is -2.26. The zero-order valence-electron chi connectivity index (χ0n) is 12.3. The van der Waals surface area contributed by atoms with E-state index in [2.05, 4.69) is 26.0 Å². The Kier molecular flexibility index (Phi) is 4.91. The number of hydrogen-bond donors (Lipinski definition) is 1. The molecule has 1 aromatic heterocycles. The normalized spacial score (nSPS) is 11.8. The third-order valence-electron chi connectivity index (χ3n) is 3.85. The molecule has 3 nitrogen and oxygen atoms in total. The zero-order chi connectivity index (χ0) is 14.6. The highest BCUT2D eigenvalue weighted by Crippen LogP contribution is 2.39. The molecule has 2 aromatic rings. The Labute approximate surface area is 124 Å². The summed E-state index contributed by atoms with van der Waals surface area (Å²) in [5.41, 5.74) is 7.72. The third-order valence-corrected chi connectivity index (χ3v) is 5.12. The van der Waals surface area contributed by atoms with Crippen LogP contribution in [0, 0.1) is 0 Å². The number of methoxy groups -OCH3 is 1. The van der Waals surface area contributed by atoms with Gasteiger partial charge in [0.25, 0.3) is 0 Å². The van der Waals surface area contributed by atoms with Gasteiger partial charge in [-0.25, -0.2) is 4.98 Å². The van der Waals surface area contributed by atoms with Gasteiger partial charge in [-0.3, -0.25) is 0 Å². The fourth-order valence-electron chi connectivity index (χ4n) is 2.43. The first-order valence-electron chi connectivity index (χ1n) is 7.01. The molecular formula is C16H22N2OS. The average molecular weight is 290 g/mol. The molecule has 4 heteroatoms. The topological polar surface area (TPSA) is 48.1 Å². The van der Waals surface area contributed by atoms with Crippen LogP contribution in [0.3, 0.4) is 0 Å². The number of ether oxygens (including phenoxy) is 1. The molecule has 108 valence electrons. The summed E-state index contributed by atoms with van der Waals surface area (Å²) in [5.74, 6) is 0. The van der Waals surface area contributed by atoms with E-state index in [1.165, 1.54) is 0 Å². The van der Waals surface area contributed by atoms with Gasteiger partial charge >= 0.3 is 0 Å².